The Morgan fingerprint density at radius 3 is 2.90 bits per heavy atom. The van der Waals surface area contributed by atoms with Gasteiger partial charge in [-0.1, -0.05) is 30.3 Å². The van der Waals surface area contributed by atoms with Crippen LogP contribution in [0.3, 0.4) is 0 Å². The number of nitrogens with one attached hydrogen (secondary N) is 2. The van der Waals surface area contributed by atoms with Gasteiger partial charge in [0.1, 0.15) is 0 Å². The predicted octanol–water partition coefficient (Wildman–Crippen LogP) is 1.01. The monoisotopic (exact) mass is 284 g/mol. The second-order valence-corrected chi connectivity index (χ2v) is 5.11. The zero-order valence-corrected chi connectivity index (χ0v) is 11.5. The molecule has 1 aromatic heterocycles. The van der Waals surface area contributed by atoms with Gasteiger partial charge < -0.3 is 10.6 Å². The summed E-state index contributed by atoms with van der Waals surface area (Å²) in [6.07, 6.45) is 3.66. The van der Waals surface area contributed by atoms with E-state index in [2.05, 4.69) is 15.7 Å². The average molecular weight is 284 g/mol. The van der Waals surface area contributed by atoms with Crippen molar-refractivity contribution in [3.63, 3.8) is 0 Å². The molecule has 21 heavy (non-hydrogen) atoms. The van der Waals surface area contributed by atoms with Gasteiger partial charge in [0.2, 0.25) is 11.8 Å². The third-order valence-corrected chi connectivity index (χ3v) is 3.44. The highest BCUT2D eigenvalue weighted by molar-refractivity contribution is 5.96. The maximum atomic E-state index is 12.0. The number of hydrogen-bond acceptors (Lipinski definition) is 3. The van der Waals surface area contributed by atoms with Crippen LogP contribution in [0.1, 0.15) is 12.0 Å². The van der Waals surface area contributed by atoms with E-state index in [0.29, 0.717) is 18.8 Å². The van der Waals surface area contributed by atoms with Crippen LogP contribution in [-0.2, 0) is 16.1 Å². The minimum atomic E-state index is -0.296. The molecule has 3 rings (SSSR count). The molecule has 0 saturated carbocycles. The van der Waals surface area contributed by atoms with E-state index in [0.717, 1.165) is 5.56 Å². The summed E-state index contributed by atoms with van der Waals surface area (Å²) in [7, 11) is 0. The normalized spacial score (nSPS) is 17.5. The number of amides is 2. The van der Waals surface area contributed by atoms with Gasteiger partial charge in [-0.15, -0.1) is 0 Å². The van der Waals surface area contributed by atoms with Crippen LogP contribution in [0.2, 0.25) is 0 Å². The van der Waals surface area contributed by atoms with Crippen LogP contribution >= 0.6 is 0 Å². The fourth-order valence-corrected chi connectivity index (χ4v) is 2.32. The minimum Gasteiger partial charge on any atom is -0.355 e. The first-order valence-corrected chi connectivity index (χ1v) is 6.84. The summed E-state index contributed by atoms with van der Waals surface area (Å²) in [6, 6.07) is 9.97. The summed E-state index contributed by atoms with van der Waals surface area (Å²) in [5.74, 6) is -0.516. The SMILES string of the molecule is O=C1CC(C(=O)Nc2cnn(Cc3ccccc3)c2)CN1. The van der Waals surface area contributed by atoms with Crippen molar-refractivity contribution in [3.8, 4) is 0 Å². The predicted molar refractivity (Wildman–Crippen MR) is 77.5 cm³/mol. The van der Waals surface area contributed by atoms with E-state index in [1.54, 1.807) is 17.1 Å². The first-order valence-electron chi connectivity index (χ1n) is 6.84. The Morgan fingerprint density at radius 2 is 2.19 bits per heavy atom. The highest BCUT2D eigenvalue weighted by Crippen LogP contribution is 2.13. The van der Waals surface area contributed by atoms with Crippen LogP contribution in [0.5, 0.6) is 0 Å². The second kappa shape index (κ2) is 5.78. The Labute approximate surface area is 122 Å². The van der Waals surface area contributed by atoms with E-state index < -0.39 is 0 Å². The van der Waals surface area contributed by atoms with Crippen molar-refractivity contribution in [3.05, 3.63) is 48.3 Å². The van der Waals surface area contributed by atoms with Gasteiger partial charge in [0.05, 0.1) is 24.3 Å². The van der Waals surface area contributed by atoms with Gasteiger partial charge in [-0.3, -0.25) is 14.3 Å². The van der Waals surface area contributed by atoms with Crippen molar-refractivity contribution in [2.75, 3.05) is 11.9 Å². The fourth-order valence-electron chi connectivity index (χ4n) is 2.32. The third kappa shape index (κ3) is 3.28. The number of rotatable bonds is 4. The fraction of sp³-hybridized carbons (Fsp3) is 0.267. The first kappa shape index (κ1) is 13.4. The van der Waals surface area contributed by atoms with E-state index in [4.69, 9.17) is 0 Å². The zero-order chi connectivity index (χ0) is 14.7. The van der Waals surface area contributed by atoms with Gasteiger partial charge in [-0.25, -0.2) is 0 Å². The van der Waals surface area contributed by atoms with Crippen LogP contribution in [0.25, 0.3) is 0 Å². The smallest absolute Gasteiger partial charge is 0.229 e. The van der Waals surface area contributed by atoms with Crippen LogP contribution in [0.4, 0.5) is 5.69 Å². The Bertz CT molecular complexity index is 651. The molecular formula is C15H16N4O2. The molecule has 0 aliphatic carbocycles. The van der Waals surface area contributed by atoms with Gasteiger partial charge in [0.15, 0.2) is 0 Å². The van der Waals surface area contributed by atoms with E-state index in [9.17, 15) is 9.59 Å². The van der Waals surface area contributed by atoms with Crippen LogP contribution in [0.15, 0.2) is 42.7 Å². The lowest BCUT2D eigenvalue weighted by atomic mass is 10.1. The van der Waals surface area contributed by atoms with Crippen molar-refractivity contribution in [2.24, 2.45) is 5.92 Å². The molecule has 1 aliphatic heterocycles. The number of carbonyl (C=O) groups excluding carboxylic acids is 2. The molecule has 1 unspecified atom stereocenters. The molecule has 1 saturated heterocycles. The lowest BCUT2D eigenvalue weighted by Crippen LogP contribution is -2.24. The molecule has 2 amide bonds. The Morgan fingerprint density at radius 1 is 1.38 bits per heavy atom. The number of benzene rings is 1. The van der Waals surface area contributed by atoms with Crippen LogP contribution in [0, 0.1) is 5.92 Å². The molecule has 1 atom stereocenters. The molecule has 1 aromatic carbocycles. The molecule has 108 valence electrons. The summed E-state index contributed by atoms with van der Waals surface area (Å²) < 4.78 is 1.77. The van der Waals surface area contributed by atoms with Gasteiger partial charge >= 0.3 is 0 Å². The number of nitrogens with zero attached hydrogens (tertiary/aromatic N) is 2. The van der Waals surface area contributed by atoms with Gasteiger partial charge in [-0.05, 0) is 5.56 Å². The maximum Gasteiger partial charge on any atom is 0.229 e. The molecule has 0 radical (unpaired) electrons. The van der Waals surface area contributed by atoms with E-state index in [1.807, 2.05) is 30.3 Å². The Balaban J connectivity index is 1.60. The number of hydrogen-bond donors (Lipinski definition) is 2. The number of carbonyl (C=O) groups is 2. The molecule has 6 heteroatoms. The lowest BCUT2D eigenvalue weighted by molar-refractivity contribution is -0.123. The summed E-state index contributed by atoms with van der Waals surface area (Å²) in [6.45, 7) is 1.06. The largest absolute Gasteiger partial charge is 0.355 e. The molecule has 2 N–H and O–H groups in total. The summed E-state index contributed by atoms with van der Waals surface area (Å²) in [4.78, 5) is 23.1. The van der Waals surface area contributed by atoms with E-state index in [1.165, 1.54) is 0 Å². The second-order valence-electron chi connectivity index (χ2n) is 5.11. The molecule has 6 nitrogen and oxygen atoms in total. The minimum absolute atomic E-state index is 0.0741. The maximum absolute atomic E-state index is 12.0. The third-order valence-electron chi connectivity index (χ3n) is 3.44. The molecule has 2 heterocycles. The van der Waals surface area contributed by atoms with Crippen molar-refractivity contribution in [1.29, 1.82) is 0 Å². The molecule has 2 aromatic rings. The summed E-state index contributed by atoms with van der Waals surface area (Å²) >= 11 is 0. The van der Waals surface area contributed by atoms with Gasteiger partial charge in [0, 0.05) is 19.2 Å². The van der Waals surface area contributed by atoms with Gasteiger partial charge in [-0.2, -0.15) is 5.10 Å². The summed E-state index contributed by atoms with van der Waals surface area (Å²) in [5, 5.41) is 9.68. The topological polar surface area (TPSA) is 76.0 Å². The number of aromatic nitrogens is 2. The van der Waals surface area contributed by atoms with Crippen LogP contribution in [-0.4, -0.2) is 28.1 Å². The molecular weight excluding hydrogens is 268 g/mol. The average Bonchev–Trinajstić information content (AvgIpc) is 3.09. The highest BCUT2D eigenvalue weighted by atomic mass is 16.2. The van der Waals surface area contributed by atoms with Crippen molar-refractivity contribution in [1.82, 2.24) is 15.1 Å². The molecule has 1 fully saturated rings. The highest BCUT2D eigenvalue weighted by Gasteiger charge is 2.28. The molecule has 0 bridgehead atoms. The number of anilines is 1. The van der Waals surface area contributed by atoms with E-state index >= 15 is 0 Å². The Kier molecular flexibility index (Phi) is 3.68. The Hall–Kier alpha value is -2.63. The molecule has 1 aliphatic rings. The zero-order valence-electron chi connectivity index (χ0n) is 11.5. The van der Waals surface area contributed by atoms with E-state index in [-0.39, 0.29) is 24.2 Å². The summed E-state index contributed by atoms with van der Waals surface area (Å²) in [5.41, 5.74) is 1.79. The van der Waals surface area contributed by atoms with Crippen LogP contribution < -0.4 is 10.6 Å². The van der Waals surface area contributed by atoms with Crippen molar-refractivity contribution >= 4 is 17.5 Å². The standard InChI is InChI=1S/C15H16N4O2/c20-14-6-12(7-16-14)15(21)18-13-8-17-19(10-13)9-11-4-2-1-3-5-11/h1-5,8,10,12H,6-7,9H2,(H,16,20)(H,18,21). The first-order chi connectivity index (χ1) is 10.2. The van der Waals surface area contributed by atoms with Gasteiger partial charge in [0.25, 0.3) is 0 Å². The molecule has 0 spiro atoms. The van der Waals surface area contributed by atoms with Crippen molar-refractivity contribution in [2.45, 2.75) is 13.0 Å². The quantitative estimate of drug-likeness (QED) is 0.879. The lowest BCUT2D eigenvalue weighted by Gasteiger charge is -2.06. The van der Waals surface area contributed by atoms with Crippen molar-refractivity contribution < 1.29 is 9.59 Å².